The summed E-state index contributed by atoms with van der Waals surface area (Å²) in [6.07, 6.45) is 1.60. The smallest absolute Gasteiger partial charge is 0.297 e. The molecule has 0 aliphatic carbocycles. The van der Waals surface area contributed by atoms with E-state index in [4.69, 9.17) is 13.1 Å². The summed E-state index contributed by atoms with van der Waals surface area (Å²) in [4.78, 5) is -0.00175. The molecule has 0 heterocycles. The van der Waals surface area contributed by atoms with Crippen molar-refractivity contribution in [3.05, 3.63) is 29.8 Å². The summed E-state index contributed by atoms with van der Waals surface area (Å²) >= 11 is 0. The van der Waals surface area contributed by atoms with Crippen LogP contribution >= 0.6 is 0 Å². The summed E-state index contributed by atoms with van der Waals surface area (Å²) < 4.78 is 61.9. The third kappa shape index (κ3) is 8.20. The number of hydrogen-bond donors (Lipinski definition) is 0. The molecule has 0 aliphatic rings. The normalized spacial score (nSPS) is 13.8. The van der Waals surface area contributed by atoms with Gasteiger partial charge in [-0.1, -0.05) is 31.0 Å². The predicted octanol–water partition coefficient (Wildman–Crippen LogP) is 1.86. The molecule has 1 aromatic rings. The summed E-state index contributed by atoms with van der Waals surface area (Å²) in [6, 6.07) is 6.15. The lowest BCUT2D eigenvalue weighted by molar-refractivity contribution is 0.0298. The lowest BCUT2D eigenvalue weighted by Gasteiger charge is -2.16. The maximum atomic E-state index is 12.1. The number of ether oxygens (including phenoxy) is 1. The molecule has 0 spiro atoms. The average molecular weight is 380 g/mol. The van der Waals surface area contributed by atoms with Gasteiger partial charge in [0.1, 0.15) is 6.10 Å². The number of benzene rings is 1. The maximum Gasteiger partial charge on any atom is 0.297 e. The first kappa shape index (κ1) is 21.0. The Kier molecular flexibility index (Phi) is 8.31. The Balaban J connectivity index is 2.69. The van der Waals surface area contributed by atoms with Gasteiger partial charge in [0, 0.05) is 6.61 Å². The van der Waals surface area contributed by atoms with Crippen molar-refractivity contribution in [3.63, 3.8) is 0 Å². The fraction of sp³-hybridized carbons (Fsp3) is 0.600. The van der Waals surface area contributed by atoms with Crippen LogP contribution in [0.25, 0.3) is 0 Å². The van der Waals surface area contributed by atoms with Gasteiger partial charge in [-0.3, -0.25) is 8.37 Å². The molecule has 0 saturated carbocycles. The van der Waals surface area contributed by atoms with E-state index in [2.05, 4.69) is 0 Å². The van der Waals surface area contributed by atoms with Crippen LogP contribution in [-0.4, -0.2) is 49.0 Å². The molecule has 1 aromatic carbocycles. The quantitative estimate of drug-likeness (QED) is 0.427. The number of hydrogen-bond acceptors (Lipinski definition) is 7. The second-order valence-electron chi connectivity index (χ2n) is 5.40. The summed E-state index contributed by atoms with van der Waals surface area (Å²) in [5.74, 6) is 0. The highest BCUT2D eigenvalue weighted by atomic mass is 32.2. The van der Waals surface area contributed by atoms with E-state index in [1.807, 2.05) is 13.8 Å². The summed E-state index contributed by atoms with van der Waals surface area (Å²) in [6.45, 7) is 3.74. The van der Waals surface area contributed by atoms with E-state index in [0.717, 1.165) is 24.7 Å². The van der Waals surface area contributed by atoms with Crippen molar-refractivity contribution in [1.82, 2.24) is 0 Å². The Labute approximate surface area is 144 Å². The molecule has 0 radical (unpaired) electrons. The zero-order chi connectivity index (χ0) is 18.2. The van der Waals surface area contributed by atoms with Crippen molar-refractivity contribution >= 4 is 20.2 Å². The van der Waals surface area contributed by atoms with E-state index in [9.17, 15) is 16.8 Å². The molecule has 24 heavy (non-hydrogen) atoms. The van der Waals surface area contributed by atoms with E-state index < -0.39 is 32.9 Å². The molecule has 0 bridgehead atoms. The van der Waals surface area contributed by atoms with E-state index >= 15 is 0 Å². The lowest BCUT2D eigenvalue weighted by atomic mass is 10.2. The minimum atomic E-state index is -3.99. The lowest BCUT2D eigenvalue weighted by Crippen LogP contribution is -2.29. The minimum Gasteiger partial charge on any atom is -0.379 e. The second-order valence-corrected chi connectivity index (χ2v) is 8.62. The van der Waals surface area contributed by atoms with Crippen molar-refractivity contribution in [2.45, 2.75) is 37.7 Å². The zero-order valence-corrected chi connectivity index (χ0v) is 15.7. The number of rotatable bonds is 11. The second kappa shape index (κ2) is 9.47. The van der Waals surface area contributed by atoms with Crippen molar-refractivity contribution in [3.8, 4) is 0 Å². The maximum absolute atomic E-state index is 12.1. The molecule has 1 atom stereocenters. The van der Waals surface area contributed by atoms with Crippen LogP contribution < -0.4 is 0 Å². The van der Waals surface area contributed by atoms with Gasteiger partial charge in [0.2, 0.25) is 0 Å². The molecule has 0 saturated heterocycles. The molecule has 0 aromatic heterocycles. The molecule has 0 aliphatic heterocycles. The van der Waals surface area contributed by atoms with Gasteiger partial charge in [0.05, 0.1) is 24.4 Å². The molecule has 0 unspecified atom stereocenters. The Morgan fingerprint density at radius 3 is 2.21 bits per heavy atom. The third-order valence-corrected chi connectivity index (χ3v) is 4.89. The van der Waals surface area contributed by atoms with E-state index in [0.29, 0.717) is 6.61 Å². The molecular weight excluding hydrogens is 356 g/mol. The predicted molar refractivity (Wildman–Crippen MR) is 89.8 cm³/mol. The average Bonchev–Trinajstić information content (AvgIpc) is 2.48. The first-order valence-electron chi connectivity index (χ1n) is 7.56. The largest absolute Gasteiger partial charge is 0.379 e. The number of unbranched alkanes of at least 4 members (excludes halogenated alkanes) is 1. The highest BCUT2D eigenvalue weighted by Crippen LogP contribution is 2.14. The molecule has 0 N–H and O–H groups in total. The molecule has 7 nitrogen and oxygen atoms in total. The van der Waals surface area contributed by atoms with E-state index in [1.54, 1.807) is 12.1 Å². The first-order valence-corrected chi connectivity index (χ1v) is 10.8. The summed E-state index contributed by atoms with van der Waals surface area (Å²) in [5, 5.41) is 0. The van der Waals surface area contributed by atoms with Crippen LogP contribution in [0.4, 0.5) is 0 Å². The minimum absolute atomic E-state index is 0.00175. The monoisotopic (exact) mass is 380 g/mol. The first-order chi connectivity index (χ1) is 11.1. The van der Waals surface area contributed by atoms with E-state index in [-0.39, 0.29) is 11.5 Å². The summed E-state index contributed by atoms with van der Waals surface area (Å²) in [5.41, 5.74) is 0.913. The molecule has 9 heteroatoms. The molecule has 1 rings (SSSR count). The van der Waals surface area contributed by atoms with Crippen LogP contribution in [0.2, 0.25) is 0 Å². The van der Waals surface area contributed by atoms with Crippen LogP contribution in [-0.2, 0) is 33.3 Å². The van der Waals surface area contributed by atoms with Gasteiger partial charge < -0.3 is 4.74 Å². The molecule has 0 amide bonds. The zero-order valence-electron chi connectivity index (χ0n) is 14.1. The van der Waals surface area contributed by atoms with Crippen LogP contribution in [0.5, 0.6) is 0 Å². The van der Waals surface area contributed by atoms with Gasteiger partial charge in [0.25, 0.3) is 20.2 Å². The molecule has 0 fully saturated rings. The Morgan fingerprint density at radius 2 is 1.67 bits per heavy atom. The number of aryl methyl sites for hydroxylation is 1. The van der Waals surface area contributed by atoms with Crippen molar-refractivity contribution in [2.24, 2.45) is 0 Å². The highest BCUT2D eigenvalue weighted by molar-refractivity contribution is 7.86. The van der Waals surface area contributed by atoms with Gasteiger partial charge >= 0.3 is 0 Å². The van der Waals surface area contributed by atoms with Crippen LogP contribution in [0.3, 0.4) is 0 Å². The Bertz CT molecular complexity index is 694. The Morgan fingerprint density at radius 1 is 1.04 bits per heavy atom. The standard InChI is InChI=1S/C15H24O7S2/c1-4-5-10-20-11-14(22-23(3,16)17)12-21-24(18,19)15-8-6-13(2)7-9-15/h6-9,14H,4-5,10-12H2,1-3H3/t14-/m1/s1. The SMILES string of the molecule is CCCCOC[C@H](COS(=O)(=O)c1ccc(C)cc1)OS(C)(=O)=O. The third-order valence-electron chi connectivity index (χ3n) is 2.98. The van der Waals surface area contributed by atoms with Crippen molar-refractivity contribution < 1.29 is 29.9 Å². The fourth-order valence-corrected chi connectivity index (χ4v) is 3.29. The van der Waals surface area contributed by atoms with Crippen LogP contribution in [0, 0.1) is 6.92 Å². The van der Waals surface area contributed by atoms with Gasteiger partial charge in [-0.2, -0.15) is 16.8 Å². The van der Waals surface area contributed by atoms with Gasteiger partial charge in [-0.15, -0.1) is 0 Å². The van der Waals surface area contributed by atoms with Gasteiger partial charge in [0.15, 0.2) is 0 Å². The van der Waals surface area contributed by atoms with Gasteiger partial charge in [-0.25, -0.2) is 0 Å². The van der Waals surface area contributed by atoms with E-state index in [1.165, 1.54) is 12.1 Å². The van der Waals surface area contributed by atoms with Crippen LogP contribution in [0.15, 0.2) is 29.2 Å². The highest BCUT2D eigenvalue weighted by Gasteiger charge is 2.22. The Hall–Kier alpha value is -1.00. The van der Waals surface area contributed by atoms with Crippen molar-refractivity contribution in [1.29, 1.82) is 0 Å². The fourth-order valence-electron chi connectivity index (χ4n) is 1.75. The van der Waals surface area contributed by atoms with Gasteiger partial charge in [-0.05, 0) is 25.5 Å². The molecule has 138 valence electrons. The topological polar surface area (TPSA) is 96.0 Å². The summed E-state index contributed by atoms with van der Waals surface area (Å²) in [7, 11) is -7.75. The van der Waals surface area contributed by atoms with Crippen molar-refractivity contribution in [2.75, 3.05) is 26.1 Å². The van der Waals surface area contributed by atoms with Crippen LogP contribution in [0.1, 0.15) is 25.3 Å². The molecular formula is C15H24O7S2.